The van der Waals surface area contributed by atoms with E-state index in [1.54, 1.807) is 23.9 Å². The fraction of sp³-hybridized carbons (Fsp3) is 0.400. The quantitative estimate of drug-likeness (QED) is 0.555. The van der Waals surface area contributed by atoms with Crippen LogP contribution in [0.3, 0.4) is 0 Å². The topological polar surface area (TPSA) is 55.5 Å². The minimum Gasteiger partial charge on any atom is -0.508 e. The predicted octanol–water partition coefficient (Wildman–Crippen LogP) is 1.46. The van der Waals surface area contributed by atoms with Gasteiger partial charge in [-0.1, -0.05) is 6.07 Å². The zero-order valence-corrected chi connectivity index (χ0v) is 8.80. The van der Waals surface area contributed by atoms with Crippen molar-refractivity contribution in [1.82, 2.24) is 0 Å². The summed E-state index contributed by atoms with van der Waals surface area (Å²) in [7, 11) is 0. The number of hydrogen-bond acceptors (Lipinski definition) is 4. The van der Waals surface area contributed by atoms with E-state index in [-0.39, 0.29) is 0 Å². The molecule has 0 spiro atoms. The molecule has 3 N–H and O–H groups in total. The minimum absolute atomic E-state index is 0.304. The third kappa shape index (κ3) is 4.50. The van der Waals surface area contributed by atoms with Crippen molar-refractivity contribution < 1.29 is 9.84 Å². The molecule has 0 fully saturated rings. The second-order valence-electron chi connectivity index (χ2n) is 2.75. The first-order valence-electron chi connectivity index (χ1n) is 4.52. The molecule has 0 unspecified atom stereocenters. The maximum atomic E-state index is 9.19. The molecule has 0 aliphatic rings. The smallest absolute Gasteiger partial charge is 0.116 e. The third-order valence-corrected chi connectivity index (χ3v) is 2.53. The lowest BCUT2D eigenvalue weighted by Gasteiger charge is -2.03. The van der Waals surface area contributed by atoms with Crippen LogP contribution in [-0.4, -0.2) is 30.6 Å². The number of thioether (sulfide) groups is 1. The van der Waals surface area contributed by atoms with Gasteiger partial charge in [-0.15, -0.1) is 11.8 Å². The summed E-state index contributed by atoms with van der Waals surface area (Å²) in [5, 5.41) is 9.19. The summed E-state index contributed by atoms with van der Waals surface area (Å²) in [6, 6.07) is 7.20. The van der Waals surface area contributed by atoms with Gasteiger partial charge >= 0.3 is 0 Å². The van der Waals surface area contributed by atoms with E-state index in [1.165, 1.54) is 0 Å². The van der Waals surface area contributed by atoms with Gasteiger partial charge in [-0.2, -0.15) is 0 Å². The lowest BCUT2D eigenvalue weighted by atomic mass is 10.3. The van der Waals surface area contributed by atoms with Crippen LogP contribution in [0, 0.1) is 0 Å². The van der Waals surface area contributed by atoms with Crippen molar-refractivity contribution in [2.24, 2.45) is 5.73 Å². The largest absolute Gasteiger partial charge is 0.508 e. The van der Waals surface area contributed by atoms with Gasteiger partial charge in [0, 0.05) is 17.2 Å². The Kier molecular flexibility index (Phi) is 5.44. The lowest BCUT2D eigenvalue weighted by Crippen LogP contribution is -2.09. The van der Waals surface area contributed by atoms with Crippen LogP contribution in [-0.2, 0) is 4.74 Å². The molecule has 0 aromatic heterocycles. The Morgan fingerprint density at radius 2 is 2.21 bits per heavy atom. The van der Waals surface area contributed by atoms with Gasteiger partial charge in [-0.25, -0.2) is 0 Å². The van der Waals surface area contributed by atoms with Crippen LogP contribution in [0.15, 0.2) is 29.2 Å². The highest BCUT2D eigenvalue weighted by atomic mass is 32.2. The van der Waals surface area contributed by atoms with Gasteiger partial charge in [0.2, 0.25) is 0 Å². The Hall–Kier alpha value is -0.710. The summed E-state index contributed by atoms with van der Waals surface area (Å²) in [6.45, 7) is 1.87. The van der Waals surface area contributed by atoms with Gasteiger partial charge in [0.25, 0.3) is 0 Å². The molecule has 0 aliphatic heterocycles. The maximum Gasteiger partial charge on any atom is 0.116 e. The van der Waals surface area contributed by atoms with Gasteiger partial charge in [0.15, 0.2) is 0 Å². The van der Waals surface area contributed by atoms with Crippen molar-refractivity contribution in [2.75, 3.05) is 25.5 Å². The highest BCUT2D eigenvalue weighted by Crippen LogP contribution is 2.21. The predicted molar refractivity (Wildman–Crippen MR) is 58.7 cm³/mol. The summed E-state index contributed by atoms with van der Waals surface area (Å²) >= 11 is 1.66. The van der Waals surface area contributed by atoms with Gasteiger partial charge in [0.1, 0.15) is 5.75 Å². The number of rotatable bonds is 6. The standard InChI is InChI=1S/C10H15NO2S/c11-4-5-13-6-7-14-10-3-1-2-9(12)8-10/h1-3,8,12H,4-7,11H2. The first kappa shape index (κ1) is 11.4. The Morgan fingerprint density at radius 3 is 2.93 bits per heavy atom. The molecule has 0 radical (unpaired) electrons. The Labute approximate surface area is 88.3 Å². The molecule has 14 heavy (non-hydrogen) atoms. The van der Waals surface area contributed by atoms with E-state index in [1.807, 2.05) is 12.1 Å². The van der Waals surface area contributed by atoms with Crippen molar-refractivity contribution in [3.05, 3.63) is 24.3 Å². The van der Waals surface area contributed by atoms with Gasteiger partial charge < -0.3 is 15.6 Å². The Morgan fingerprint density at radius 1 is 1.36 bits per heavy atom. The van der Waals surface area contributed by atoms with Crippen molar-refractivity contribution >= 4 is 11.8 Å². The first-order chi connectivity index (χ1) is 6.83. The maximum absolute atomic E-state index is 9.19. The fourth-order valence-corrected chi connectivity index (χ4v) is 1.79. The monoisotopic (exact) mass is 213 g/mol. The summed E-state index contributed by atoms with van der Waals surface area (Å²) in [4.78, 5) is 1.06. The fourth-order valence-electron chi connectivity index (χ4n) is 0.977. The van der Waals surface area contributed by atoms with Crippen molar-refractivity contribution in [1.29, 1.82) is 0 Å². The highest BCUT2D eigenvalue weighted by Gasteiger charge is 1.95. The van der Waals surface area contributed by atoms with Gasteiger partial charge in [-0.3, -0.25) is 0 Å². The van der Waals surface area contributed by atoms with Crippen LogP contribution in [0.4, 0.5) is 0 Å². The molecule has 1 rings (SSSR count). The van der Waals surface area contributed by atoms with Gasteiger partial charge in [-0.05, 0) is 18.2 Å². The molecule has 0 amide bonds. The molecule has 0 saturated heterocycles. The molecule has 0 atom stereocenters. The first-order valence-corrected chi connectivity index (χ1v) is 5.51. The molecule has 3 nitrogen and oxygen atoms in total. The second kappa shape index (κ2) is 6.70. The average Bonchev–Trinajstić information content (AvgIpc) is 2.18. The zero-order valence-electron chi connectivity index (χ0n) is 7.98. The second-order valence-corrected chi connectivity index (χ2v) is 3.92. The summed E-state index contributed by atoms with van der Waals surface area (Å²) in [6.07, 6.45) is 0. The summed E-state index contributed by atoms with van der Waals surface area (Å²) < 4.78 is 5.23. The van der Waals surface area contributed by atoms with Crippen molar-refractivity contribution in [3.8, 4) is 5.75 Å². The van der Waals surface area contributed by atoms with E-state index < -0.39 is 0 Å². The van der Waals surface area contributed by atoms with E-state index in [9.17, 15) is 5.11 Å². The number of nitrogens with two attached hydrogens (primary N) is 1. The molecular weight excluding hydrogens is 198 g/mol. The van der Waals surface area contributed by atoms with Gasteiger partial charge in [0.05, 0.1) is 13.2 Å². The SMILES string of the molecule is NCCOCCSc1cccc(O)c1. The van der Waals surface area contributed by atoms with Crippen LogP contribution >= 0.6 is 11.8 Å². The number of hydrogen-bond donors (Lipinski definition) is 2. The van der Waals surface area contributed by atoms with E-state index in [0.717, 1.165) is 10.6 Å². The number of ether oxygens (including phenoxy) is 1. The molecule has 0 heterocycles. The number of phenolic OH excluding ortho intramolecular Hbond substituents is 1. The van der Waals surface area contributed by atoms with Crippen molar-refractivity contribution in [2.45, 2.75) is 4.90 Å². The zero-order chi connectivity index (χ0) is 10.2. The van der Waals surface area contributed by atoms with Crippen LogP contribution in [0.5, 0.6) is 5.75 Å². The summed E-state index contributed by atoms with van der Waals surface area (Å²) in [5.74, 6) is 1.18. The molecule has 0 aliphatic carbocycles. The molecule has 1 aromatic carbocycles. The van der Waals surface area contributed by atoms with E-state index in [0.29, 0.717) is 25.5 Å². The molecule has 4 heteroatoms. The minimum atomic E-state index is 0.304. The van der Waals surface area contributed by atoms with Crippen LogP contribution < -0.4 is 5.73 Å². The van der Waals surface area contributed by atoms with Crippen LogP contribution in [0.25, 0.3) is 0 Å². The van der Waals surface area contributed by atoms with Crippen LogP contribution in [0.1, 0.15) is 0 Å². The lowest BCUT2D eigenvalue weighted by molar-refractivity contribution is 0.158. The molecule has 78 valence electrons. The van der Waals surface area contributed by atoms with E-state index in [2.05, 4.69) is 0 Å². The normalized spacial score (nSPS) is 10.4. The number of benzene rings is 1. The molecule has 0 saturated carbocycles. The third-order valence-electron chi connectivity index (χ3n) is 1.58. The highest BCUT2D eigenvalue weighted by molar-refractivity contribution is 7.99. The number of aromatic hydroxyl groups is 1. The molecule has 1 aromatic rings. The summed E-state index contributed by atoms with van der Waals surface area (Å²) in [5.41, 5.74) is 5.28. The van der Waals surface area contributed by atoms with Crippen LogP contribution in [0.2, 0.25) is 0 Å². The van der Waals surface area contributed by atoms with Crippen molar-refractivity contribution in [3.63, 3.8) is 0 Å². The number of phenols is 1. The van der Waals surface area contributed by atoms with E-state index in [4.69, 9.17) is 10.5 Å². The van der Waals surface area contributed by atoms with E-state index >= 15 is 0 Å². The molecule has 0 bridgehead atoms. The Bertz CT molecular complexity index is 268. The Balaban J connectivity index is 2.18. The average molecular weight is 213 g/mol. The molecular formula is C10H15NO2S.